The van der Waals surface area contributed by atoms with E-state index in [0.29, 0.717) is 6.04 Å². The number of carboxylic acid groups (broad SMARTS) is 1. The Balaban J connectivity index is 2.07. The summed E-state index contributed by atoms with van der Waals surface area (Å²) in [6.07, 6.45) is 5.66. The summed E-state index contributed by atoms with van der Waals surface area (Å²) in [6.45, 7) is 1.20. The van der Waals surface area contributed by atoms with Crippen LogP contribution in [0.3, 0.4) is 0 Å². The molecule has 1 fully saturated rings. The van der Waals surface area contributed by atoms with Gasteiger partial charge in [-0.2, -0.15) is 0 Å². The van der Waals surface area contributed by atoms with Crippen molar-refractivity contribution in [2.24, 2.45) is 0 Å². The van der Waals surface area contributed by atoms with Crippen LogP contribution in [0.15, 0.2) is 18.3 Å². The van der Waals surface area contributed by atoms with Gasteiger partial charge in [0.15, 0.2) is 0 Å². The average Bonchev–Trinajstić information content (AvgIpc) is 2.84. The van der Waals surface area contributed by atoms with E-state index in [1.165, 1.54) is 0 Å². The summed E-state index contributed by atoms with van der Waals surface area (Å²) in [5, 5.41) is 17.7. The monoisotopic (exact) mass is 250 g/mol. The van der Waals surface area contributed by atoms with Gasteiger partial charge >= 0.3 is 5.97 Å². The van der Waals surface area contributed by atoms with E-state index in [-0.39, 0.29) is 12.3 Å². The van der Waals surface area contributed by atoms with E-state index in [4.69, 9.17) is 10.2 Å². The maximum Gasteiger partial charge on any atom is 0.354 e. The molecule has 0 aliphatic carbocycles. The van der Waals surface area contributed by atoms with E-state index >= 15 is 0 Å². The van der Waals surface area contributed by atoms with Crippen molar-refractivity contribution in [1.82, 2.24) is 4.98 Å². The minimum atomic E-state index is -1.00. The van der Waals surface area contributed by atoms with Crippen molar-refractivity contribution in [3.8, 4) is 0 Å². The summed E-state index contributed by atoms with van der Waals surface area (Å²) in [4.78, 5) is 16.9. The number of aromatic nitrogens is 1. The highest BCUT2D eigenvalue weighted by atomic mass is 16.4. The number of aromatic carboxylic acids is 1. The normalized spacial score (nSPS) is 19.2. The largest absolute Gasteiger partial charge is 0.477 e. The van der Waals surface area contributed by atoms with E-state index in [0.717, 1.165) is 37.9 Å². The Morgan fingerprint density at radius 2 is 2.33 bits per heavy atom. The van der Waals surface area contributed by atoms with E-state index in [1.807, 2.05) is 6.07 Å². The van der Waals surface area contributed by atoms with Gasteiger partial charge in [-0.1, -0.05) is 0 Å². The number of hydrogen-bond acceptors (Lipinski definition) is 4. The van der Waals surface area contributed by atoms with Gasteiger partial charge in [0, 0.05) is 19.2 Å². The minimum Gasteiger partial charge on any atom is -0.477 e. The van der Waals surface area contributed by atoms with Crippen LogP contribution in [0.5, 0.6) is 0 Å². The summed E-state index contributed by atoms with van der Waals surface area (Å²) >= 11 is 0. The smallest absolute Gasteiger partial charge is 0.354 e. The van der Waals surface area contributed by atoms with Crippen LogP contribution in [0.25, 0.3) is 0 Å². The molecule has 1 aromatic heterocycles. The third-order valence-corrected chi connectivity index (χ3v) is 3.37. The zero-order valence-electron chi connectivity index (χ0n) is 10.2. The van der Waals surface area contributed by atoms with Gasteiger partial charge in [-0.3, -0.25) is 0 Å². The molecule has 0 amide bonds. The molecule has 1 atom stereocenters. The van der Waals surface area contributed by atoms with Crippen molar-refractivity contribution in [2.75, 3.05) is 18.1 Å². The topological polar surface area (TPSA) is 73.7 Å². The molecule has 5 heteroatoms. The zero-order valence-corrected chi connectivity index (χ0v) is 10.2. The molecule has 0 saturated carbocycles. The van der Waals surface area contributed by atoms with Gasteiger partial charge in [-0.25, -0.2) is 9.78 Å². The molecule has 2 rings (SSSR count). The first-order chi connectivity index (χ1) is 8.72. The second-order valence-corrected chi connectivity index (χ2v) is 4.56. The number of pyridine rings is 1. The van der Waals surface area contributed by atoms with Crippen LogP contribution in [0.2, 0.25) is 0 Å². The summed E-state index contributed by atoms with van der Waals surface area (Å²) in [6, 6.07) is 3.79. The molecule has 98 valence electrons. The fraction of sp³-hybridized carbons (Fsp3) is 0.538. The number of rotatable bonds is 5. The average molecular weight is 250 g/mol. The second kappa shape index (κ2) is 5.82. The van der Waals surface area contributed by atoms with Crippen LogP contribution >= 0.6 is 0 Å². The standard InChI is InChI=1S/C13H18N2O3/c16-8-2-4-10-3-1-7-15(10)11-5-6-12(13(17)18)14-9-11/h5-6,9-10,16H,1-4,7-8H2,(H,17,18). The minimum absolute atomic E-state index is 0.0739. The number of carbonyl (C=O) groups is 1. The predicted molar refractivity (Wildman–Crippen MR) is 67.9 cm³/mol. The first-order valence-electron chi connectivity index (χ1n) is 6.29. The molecule has 2 N–H and O–H groups in total. The summed E-state index contributed by atoms with van der Waals surface area (Å²) < 4.78 is 0. The first-order valence-corrected chi connectivity index (χ1v) is 6.29. The lowest BCUT2D eigenvalue weighted by Gasteiger charge is -2.26. The molecular formula is C13H18N2O3. The molecule has 0 aromatic carbocycles. The molecular weight excluding hydrogens is 232 g/mol. The van der Waals surface area contributed by atoms with Crippen LogP contribution in [0.1, 0.15) is 36.2 Å². The lowest BCUT2D eigenvalue weighted by molar-refractivity contribution is 0.0690. The molecule has 1 aromatic rings. The molecule has 1 unspecified atom stereocenters. The fourth-order valence-corrected chi connectivity index (χ4v) is 2.49. The lowest BCUT2D eigenvalue weighted by Crippen LogP contribution is -2.29. The molecule has 0 spiro atoms. The first kappa shape index (κ1) is 12.8. The maximum atomic E-state index is 10.7. The highest BCUT2D eigenvalue weighted by Gasteiger charge is 2.24. The highest BCUT2D eigenvalue weighted by Crippen LogP contribution is 2.27. The van der Waals surface area contributed by atoms with Gasteiger partial charge in [-0.15, -0.1) is 0 Å². The summed E-state index contributed by atoms with van der Waals surface area (Å²) in [5.41, 5.74) is 1.05. The van der Waals surface area contributed by atoms with Crippen LogP contribution in [0.4, 0.5) is 5.69 Å². The lowest BCUT2D eigenvalue weighted by atomic mass is 10.1. The molecule has 1 saturated heterocycles. The molecule has 0 radical (unpaired) electrons. The number of aliphatic hydroxyl groups excluding tert-OH is 1. The molecule has 5 nitrogen and oxygen atoms in total. The summed E-state index contributed by atoms with van der Waals surface area (Å²) in [5.74, 6) is -1.00. The Bertz CT molecular complexity index is 405. The van der Waals surface area contributed by atoms with Crippen molar-refractivity contribution >= 4 is 11.7 Å². The third-order valence-electron chi connectivity index (χ3n) is 3.37. The number of hydrogen-bond donors (Lipinski definition) is 2. The van der Waals surface area contributed by atoms with Crippen molar-refractivity contribution in [3.63, 3.8) is 0 Å². The third kappa shape index (κ3) is 2.79. The van der Waals surface area contributed by atoms with E-state index in [1.54, 1.807) is 12.3 Å². The van der Waals surface area contributed by atoms with Gasteiger partial charge < -0.3 is 15.1 Å². The van der Waals surface area contributed by atoms with Crippen LogP contribution in [-0.2, 0) is 0 Å². The van der Waals surface area contributed by atoms with Crippen molar-refractivity contribution in [3.05, 3.63) is 24.0 Å². The Labute approximate surface area is 106 Å². The Morgan fingerprint density at radius 3 is 2.94 bits per heavy atom. The van der Waals surface area contributed by atoms with Gasteiger partial charge in [-0.05, 0) is 37.8 Å². The van der Waals surface area contributed by atoms with Crippen LogP contribution < -0.4 is 4.90 Å². The second-order valence-electron chi connectivity index (χ2n) is 4.56. The number of nitrogens with zero attached hydrogens (tertiary/aromatic N) is 2. The van der Waals surface area contributed by atoms with E-state index < -0.39 is 5.97 Å². The van der Waals surface area contributed by atoms with Gasteiger partial charge in [0.05, 0.1) is 11.9 Å². The van der Waals surface area contributed by atoms with Gasteiger partial charge in [0.25, 0.3) is 0 Å². The van der Waals surface area contributed by atoms with Gasteiger partial charge in [0.2, 0.25) is 0 Å². The highest BCUT2D eigenvalue weighted by molar-refractivity contribution is 5.85. The molecule has 18 heavy (non-hydrogen) atoms. The zero-order chi connectivity index (χ0) is 13.0. The van der Waals surface area contributed by atoms with E-state index in [2.05, 4.69) is 9.88 Å². The number of carboxylic acids is 1. The summed E-state index contributed by atoms with van der Waals surface area (Å²) in [7, 11) is 0. The van der Waals surface area contributed by atoms with Crippen molar-refractivity contribution < 1.29 is 15.0 Å². The molecule has 0 bridgehead atoms. The predicted octanol–water partition coefficient (Wildman–Crippen LogP) is 1.52. The van der Waals surface area contributed by atoms with Crippen molar-refractivity contribution in [1.29, 1.82) is 0 Å². The van der Waals surface area contributed by atoms with Crippen LogP contribution in [0, 0.1) is 0 Å². The van der Waals surface area contributed by atoms with Crippen molar-refractivity contribution in [2.45, 2.75) is 31.7 Å². The number of anilines is 1. The molecule has 2 heterocycles. The molecule has 1 aliphatic heterocycles. The number of aliphatic hydroxyl groups is 1. The van der Waals surface area contributed by atoms with E-state index in [9.17, 15) is 4.79 Å². The maximum absolute atomic E-state index is 10.7. The Hall–Kier alpha value is -1.62. The SMILES string of the molecule is O=C(O)c1ccc(N2CCCC2CCCO)cn1. The van der Waals surface area contributed by atoms with Gasteiger partial charge in [0.1, 0.15) is 5.69 Å². The molecule has 1 aliphatic rings. The van der Waals surface area contributed by atoms with Crippen LogP contribution in [-0.4, -0.2) is 40.4 Å². The Kier molecular flexibility index (Phi) is 4.15. The quantitative estimate of drug-likeness (QED) is 0.828. The Morgan fingerprint density at radius 1 is 1.50 bits per heavy atom. The fourth-order valence-electron chi connectivity index (χ4n) is 2.49.